The van der Waals surface area contributed by atoms with Gasteiger partial charge in [-0.25, -0.2) is 9.67 Å². The molecule has 1 saturated carbocycles. The minimum atomic E-state index is -0.236. The predicted octanol–water partition coefficient (Wildman–Crippen LogP) is 2.33. The first-order valence-electron chi connectivity index (χ1n) is 10.9. The molecule has 2 fully saturated rings. The zero-order valence-corrected chi connectivity index (χ0v) is 17.9. The van der Waals surface area contributed by atoms with Gasteiger partial charge in [-0.2, -0.15) is 5.26 Å². The fourth-order valence-electron chi connectivity index (χ4n) is 4.33. The van der Waals surface area contributed by atoms with Gasteiger partial charge in [0.05, 0.1) is 22.8 Å². The maximum Gasteiger partial charge on any atom is 0.280 e. The first kappa shape index (κ1) is 20.2. The van der Waals surface area contributed by atoms with E-state index in [4.69, 9.17) is 5.26 Å². The molecule has 0 bridgehead atoms. The SMILES string of the molecule is Cc1cc(C#N)ccc1-c1c[nH]n(-c2ccc(C(=O)N3CCN(C4CC4)CC3)cn2)c1=O. The number of aromatic amines is 1. The van der Waals surface area contributed by atoms with Gasteiger partial charge in [0, 0.05) is 44.6 Å². The van der Waals surface area contributed by atoms with Crippen LogP contribution in [-0.2, 0) is 0 Å². The maximum atomic E-state index is 13.0. The number of nitrogens with one attached hydrogen (secondary N) is 1. The van der Waals surface area contributed by atoms with Crippen LogP contribution in [-0.4, -0.2) is 62.7 Å². The summed E-state index contributed by atoms with van der Waals surface area (Å²) in [7, 11) is 0. The zero-order chi connectivity index (χ0) is 22.2. The highest BCUT2D eigenvalue weighted by molar-refractivity contribution is 5.94. The van der Waals surface area contributed by atoms with Crippen molar-refractivity contribution in [1.82, 2.24) is 24.6 Å². The van der Waals surface area contributed by atoms with Gasteiger partial charge in [-0.05, 0) is 55.2 Å². The van der Waals surface area contributed by atoms with Gasteiger partial charge < -0.3 is 4.90 Å². The van der Waals surface area contributed by atoms with Crippen LogP contribution in [0.25, 0.3) is 16.9 Å². The van der Waals surface area contributed by atoms with Gasteiger partial charge in [0.1, 0.15) is 0 Å². The highest BCUT2D eigenvalue weighted by atomic mass is 16.2. The number of hydrogen-bond donors (Lipinski definition) is 1. The van der Waals surface area contributed by atoms with E-state index in [1.807, 2.05) is 11.8 Å². The molecule has 5 rings (SSSR count). The fraction of sp³-hybridized carbons (Fsp3) is 0.333. The standard InChI is InChI=1S/C24H24N6O2/c1-16-12-17(13-25)2-6-20(16)21-15-27-30(24(21)32)22-7-3-18(14-26-22)23(31)29-10-8-28(9-11-29)19-4-5-19/h2-3,6-7,12,14-15,19,27H,4-5,8-11H2,1H3. The summed E-state index contributed by atoms with van der Waals surface area (Å²) in [5.41, 5.74) is 2.96. The first-order valence-corrected chi connectivity index (χ1v) is 10.9. The Kier molecular flexibility index (Phi) is 5.11. The number of rotatable bonds is 4. The summed E-state index contributed by atoms with van der Waals surface area (Å²) in [6, 6.07) is 11.5. The van der Waals surface area contributed by atoms with Crippen molar-refractivity contribution in [2.75, 3.05) is 26.2 Å². The van der Waals surface area contributed by atoms with Gasteiger partial charge in [-0.15, -0.1) is 0 Å². The van der Waals surface area contributed by atoms with Crippen molar-refractivity contribution < 1.29 is 4.79 Å². The van der Waals surface area contributed by atoms with Crippen LogP contribution in [0.4, 0.5) is 0 Å². The molecule has 162 valence electrons. The molecule has 1 aliphatic carbocycles. The minimum Gasteiger partial charge on any atom is -0.336 e. The molecular weight excluding hydrogens is 404 g/mol. The lowest BCUT2D eigenvalue weighted by molar-refractivity contribution is 0.0627. The number of carbonyl (C=O) groups excluding carboxylic acids is 1. The molecule has 1 N–H and O–H groups in total. The molecule has 0 spiro atoms. The summed E-state index contributed by atoms with van der Waals surface area (Å²) in [6.07, 6.45) is 5.73. The molecule has 2 aromatic heterocycles. The number of aryl methyl sites for hydroxylation is 1. The van der Waals surface area contributed by atoms with Crippen molar-refractivity contribution in [2.24, 2.45) is 0 Å². The van der Waals surface area contributed by atoms with E-state index in [0.717, 1.165) is 43.3 Å². The van der Waals surface area contributed by atoms with Gasteiger partial charge in [-0.1, -0.05) is 6.07 Å². The topological polar surface area (TPSA) is 98.0 Å². The Bertz CT molecular complexity index is 1250. The number of aromatic nitrogens is 3. The third-order valence-electron chi connectivity index (χ3n) is 6.31. The largest absolute Gasteiger partial charge is 0.336 e. The lowest BCUT2D eigenvalue weighted by Gasteiger charge is -2.34. The van der Waals surface area contributed by atoms with Gasteiger partial charge in [0.15, 0.2) is 5.82 Å². The van der Waals surface area contributed by atoms with Crippen LogP contribution in [0.3, 0.4) is 0 Å². The molecule has 32 heavy (non-hydrogen) atoms. The van der Waals surface area contributed by atoms with E-state index in [0.29, 0.717) is 22.5 Å². The zero-order valence-electron chi connectivity index (χ0n) is 17.9. The van der Waals surface area contributed by atoms with Crippen LogP contribution in [0.1, 0.15) is 34.3 Å². The Hall–Kier alpha value is -3.70. The highest BCUT2D eigenvalue weighted by Gasteiger charge is 2.32. The number of benzene rings is 1. The van der Waals surface area contributed by atoms with E-state index in [2.05, 4.69) is 21.1 Å². The van der Waals surface area contributed by atoms with E-state index >= 15 is 0 Å². The molecule has 2 aliphatic rings. The molecule has 8 heteroatoms. The number of piperazine rings is 1. The van der Waals surface area contributed by atoms with Gasteiger partial charge in [-0.3, -0.25) is 19.6 Å². The molecule has 1 amide bonds. The van der Waals surface area contributed by atoms with Crippen LogP contribution in [0.2, 0.25) is 0 Å². The normalized spacial score (nSPS) is 16.7. The second-order valence-electron chi connectivity index (χ2n) is 8.43. The van der Waals surface area contributed by atoms with Crippen LogP contribution in [0.15, 0.2) is 47.5 Å². The molecule has 8 nitrogen and oxygen atoms in total. The summed E-state index contributed by atoms with van der Waals surface area (Å²) in [5.74, 6) is 0.398. The monoisotopic (exact) mass is 428 g/mol. The van der Waals surface area contributed by atoms with Crippen molar-refractivity contribution in [3.05, 3.63) is 69.8 Å². The molecular formula is C24H24N6O2. The number of carbonyl (C=O) groups is 1. The molecule has 1 saturated heterocycles. The molecule has 3 aromatic rings. The Morgan fingerprint density at radius 2 is 1.91 bits per heavy atom. The number of hydrogen-bond acceptors (Lipinski definition) is 5. The number of nitriles is 1. The summed E-state index contributed by atoms with van der Waals surface area (Å²) in [6.45, 7) is 5.20. The van der Waals surface area contributed by atoms with E-state index in [1.165, 1.54) is 23.7 Å². The van der Waals surface area contributed by atoms with Crippen molar-refractivity contribution >= 4 is 5.91 Å². The molecule has 3 heterocycles. The van der Waals surface area contributed by atoms with E-state index in [9.17, 15) is 9.59 Å². The third-order valence-corrected chi connectivity index (χ3v) is 6.31. The maximum absolute atomic E-state index is 13.0. The predicted molar refractivity (Wildman–Crippen MR) is 120 cm³/mol. The van der Waals surface area contributed by atoms with E-state index < -0.39 is 0 Å². The lowest BCUT2D eigenvalue weighted by atomic mass is 10.0. The van der Waals surface area contributed by atoms with Crippen LogP contribution in [0, 0.1) is 18.3 Å². The van der Waals surface area contributed by atoms with Crippen molar-refractivity contribution in [1.29, 1.82) is 5.26 Å². The first-order chi connectivity index (χ1) is 15.5. The Morgan fingerprint density at radius 3 is 2.53 bits per heavy atom. The smallest absolute Gasteiger partial charge is 0.280 e. The Morgan fingerprint density at radius 1 is 1.12 bits per heavy atom. The Balaban J connectivity index is 1.33. The number of pyridine rings is 1. The fourth-order valence-corrected chi connectivity index (χ4v) is 4.33. The second kappa shape index (κ2) is 8.09. The number of nitrogens with zero attached hydrogens (tertiary/aromatic N) is 5. The van der Waals surface area contributed by atoms with Crippen molar-refractivity contribution in [3.8, 4) is 23.0 Å². The summed E-state index contributed by atoms with van der Waals surface area (Å²) < 4.78 is 1.36. The molecule has 0 atom stereocenters. The van der Waals surface area contributed by atoms with Gasteiger partial charge in [0.2, 0.25) is 0 Å². The average molecular weight is 428 g/mol. The quantitative estimate of drug-likeness (QED) is 0.688. The van der Waals surface area contributed by atoms with Crippen LogP contribution >= 0.6 is 0 Å². The van der Waals surface area contributed by atoms with Crippen molar-refractivity contribution in [3.63, 3.8) is 0 Å². The van der Waals surface area contributed by atoms with Crippen LogP contribution in [0.5, 0.6) is 0 Å². The molecule has 1 aliphatic heterocycles. The minimum absolute atomic E-state index is 0.0211. The van der Waals surface area contributed by atoms with E-state index in [1.54, 1.807) is 36.5 Å². The average Bonchev–Trinajstić information content (AvgIpc) is 3.61. The molecule has 1 aromatic carbocycles. The van der Waals surface area contributed by atoms with Crippen LogP contribution < -0.4 is 5.56 Å². The number of H-pyrrole nitrogens is 1. The van der Waals surface area contributed by atoms with Gasteiger partial charge >= 0.3 is 0 Å². The third kappa shape index (κ3) is 3.72. The van der Waals surface area contributed by atoms with Gasteiger partial charge in [0.25, 0.3) is 11.5 Å². The Labute approximate surface area is 185 Å². The molecule has 0 unspecified atom stereocenters. The second-order valence-corrected chi connectivity index (χ2v) is 8.43. The number of amides is 1. The summed E-state index contributed by atoms with van der Waals surface area (Å²) in [4.78, 5) is 34.5. The summed E-state index contributed by atoms with van der Waals surface area (Å²) >= 11 is 0. The van der Waals surface area contributed by atoms with Crippen molar-refractivity contribution in [2.45, 2.75) is 25.8 Å². The summed E-state index contributed by atoms with van der Waals surface area (Å²) in [5, 5.41) is 12.0. The van der Waals surface area contributed by atoms with E-state index in [-0.39, 0.29) is 11.5 Å². The molecule has 0 radical (unpaired) electrons. The lowest BCUT2D eigenvalue weighted by Crippen LogP contribution is -2.49. The highest BCUT2D eigenvalue weighted by Crippen LogP contribution is 2.27.